The molecule has 31 heavy (non-hydrogen) atoms. The van der Waals surface area contributed by atoms with Crippen molar-refractivity contribution in [2.24, 2.45) is 0 Å². The second-order valence-electron chi connectivity index (χ2n) is 7.46. The van der Waals surface area contributed by atoms with Crippen molar-refractivity contribution in [2.45, 2.75) is 19.8 Å². The Hall–Kier alpha value is -3.32. The van der Waals surface area contributed by atoms with Crippen LogP contribution in [0.2, 0.25) is 0 Å². The highest BCUT2D eigenvalue weighted by atomic mass is 19.1. The molecule has 3 aromatic rings. The summed E-state index contributed by atoms with van der Waals surface area (Å²) in [5.74, 6) is -0.412. The van der Waals surface area contributed by atoms with E-state index in [4.69, 9.17) is 10.5 Å². The number of benzene rings is 1. The van der Waals surface area contributed by atoms with Crippen molar-refractivity contribution < 1.29 is 13.9 Å². The summed E-state index contributed by atoms with van der Waals surface area (Å²) in [6.45, 7) is 4.15. The lowest BCUT2D eigenvalue weighted by atomic mass is 9.93. The van der Waals surface area contributed by atoms with Gasteiger partial charge < -0.3 is 15.4 Å². The van der Waals surface area contributed by atoms with Crippen molar-refractivity contribution in [1.82, 2.24) is 14.9 Å². The van der Waals surface area contributed by atoms with Crippen molar-refractivity contribution in [1.29, 1.82) is 0 Å². The molecule has 1 aromatic carbocycles. The van der Waals surface area contributed by atoms with E-state index in [-0.39, 0.29) is 11.5 Å². The molecule has 1 fully saturated rings. The number of hydrogen-bond acceptors (Lipinski definition) is 5. The Labute approximate surface area is 180 Å². The van der Waals surface area contributed by atoms with Gasteiger partial charge in [-0.1, -0.05) is 13.0 Å². The Morgan fingerprint density at radius 1 is 1.13 bits per heavy atom. The van der Waals surface area contributed by atoms with Crippen LogP contribution in [0.5, 0.6) is 0 Å². The van der Waals surface area contributed by atoms with Crippen LogP contribution in [0.15, 0.2) is 48.8 Å². The van der Waals surface area contributed by atoms with Crippen molar-refractivity contribution in [3.8, 4) is 22.3 Å². The zero-order valence-electron chi connectivity index (χ0n) is 17.5. The van der Waals surface area contributed by atoms with Gasteiger partial charge in [-0.2, -0.15) is 0 Å². The molecule has 0 atom stereocenters. The van der Waals surface area contributed by atoms with Crippen LogP contribution >= 0.6 is 0 Å². The molecule has 0 saturated carbocycles. The van der Waals surface area contributed by atoms with E-state index in [2.05, 4.69) is 9.97 Å². The van der Waals surface area contributed by atoms with Crippen molar-refractivity contribution in [3.63, 3.8) is 0 Å². The number of hydrogen-bond donors (Lipinski definition) is 1. The topological polar surface area (TPSA) is 81.3 Å². The van der Waals surface area contributed by atoms with Crippen molar-refractivity contribution in [2.75, 3.05) is 32.0 Å². The first-order valence-corrected chi connectivity index (χ1v) is 10.4. The van der Waals surface area contributed by atoms with E-state index in [1.807, 2.05) is 19.1 Å². The van der Waals surface area contributed by atoms with Gasteiger partial charge in [-0.05, 0) is 54.3 Å². The van der Waals surface area contributed by atoms with Gasteiger partial charge in [0.05, 0.1) is 12.2 Å². The molecular formula is C24H25FN4O2. The predicted octanol–water partition coefficient (Wildman–Crippen LogP) is 3.96. The summed E-state index contributed by atoms with van der Waals surface area (Å²) in [6.07, 6.45) is 4.88. The van der Waals surface area contributed by atoms with Crippen LogP contribution in [-0.4, -0.2) is 47.1 Å². The highest BCUT2D eigenvalue weighted by Gasteiger charge is 2.22. The first-order chi connectivity index (χ1) is 15.1. The number of carbonyl (C=O) groups is 1. The molecule has 0 unspecified atom stereocenters. The van der Waals surface area contributed by atoms with Gasteiger partial charge in [-0.15, -0.1) is 0 Å². The molecule has 0 radical (unpaired) electrons. The highest BCUT2D eigenvalue weighted by Crippen LogP contribution is 2.35. The van der Waals surface area contributed by atoms with Gasteiger partial charge in [-0.3, -0.25) is 9.78 Å². The third-order valence-corrected chi connectivity index (χ3v) is 5.46. The van der Waals surface area contributed by atoms with Gasteiger partial charge >= 0.3 is 0 Å². The Balaban J connectivity index is 1.73. The van der Waals surface area contributed by atoms with Crippen LogP contribution in [0.25, 0.3) is 22.3 Å². The molecular weight excluding hydrogens is 395 g/mol. The molecule has 0 bridgehead atoms. The molecule has 1 aliphatic rings. The molecule has 0 spiro atoms. The summed E-state index contributed by atoms with van der Waals surface area (Å²) in [7, 11) is 0. The van der Waals surface area contributed by atoms with E-state index in [1.165, 1.54) is 6.07 Å². The zero-order valence-corrected chi connectivity index (χ0v) is 17.5. The van der Waals surface area contributed by atoms with E-state index >= 15 is 4.39 Å². The summed E-state index contributed by atoms with van der Waals surface area (Å²) < 4.78 is 20.5. The molecule has 160 valence electrons. The summed E-state index contributed by atoms with van der Waals surface area (Å²) in [5, 5.41) is 0. The maximum absolute atomic E-state index is 15.1. The predicted molar refractivity (Wildman–Crippen MR) is 118 cm³/mol. The fraction of sp³-hybridized carbons (Fsp3) is 0.292. The number of aromatic nitrogens is 2. The summed E-state index contributed by atoms with van der Waals surface area (Å²) >= 11 is 0. The smallest absolute Gasteiger partial charge is 0.256 e. The summed E-state index contributed by atoms with van der Waals surface area (Å²) in [5.41, 5.74) is 9.96. The standard InChI is InChI=1S/C24H25FN4O2/c1-2-21-23(17-5-7-22(26)28-15-17)18(8-9-27-21)16-4-6-19(20(25)14-16)24(30)29-10-3-12-31-13-11-29/h4-9,14-15H,2-3,10-13H2,1H3,(H2,26,28). The van der Waals surface area contributed by atoms with E-state index in [9.17, 15) is 4.79 Å². The van der Waals surface area contributed by atoms with Gasteiger partial charge in [-0.25, -0.2) is 9.37 Å². The van der Waals surface area contributed by atoms with Gasteiger partial charge in [0.2, 0.25) is 0 Å². The summed E-state index contributed by atoms with van der Waals surface area (Å²) in [4.78, 5) is 23.2. The molecule has 2 aromatic heterocycles. The second kappa shape index (κ2) is 9.22. The number of anilines is 1. The van der Waals surface area contributed by atoms with E-state index in [0.717, 1.165) is 28.8 Å². The Bertz CT molecular complexity index is 1080. The molecule has 1 amide bonds. The van der Waals surface area contributed by atoms with E-state index in [1.54, 1.807) is 35.5 Å². The normalized spacial score (nSPS) is 14.3. The first kappa shape index (κ1) is 20.9. The van der Waals surface area contributed by atoms with E-state index < -0.39 is 5.82 Å². The third-order valence-electron chi connectivity index (χ3n) is 5.46. The number of nitrogen functional groups attached to an aromatic ring is 1. The molecule has 3 heterocycles. The average molecular weight is 420 g/mol. The van der Waals surface area contributed by atoms with E-state index in [0.29, 0.717) is 44.1 Å². The minimum atomic E-state index is -0.538. The molecule has 4 rings (SSSR count). The van der Waals surface area contributed by atoms with Crippen LogP contribution in [0.3, 0.4) is 0 Å². The van der Waals surface area contributed by atoms with Crippen LogP contribution in [0.4, 0.5) is 10.2 Å². The minimum absolute atomic E-state index is 0.0751. The monoisotopic (exact) mass is 420 g/mol. The Morgan fingerprint density at radius 3 is 2.71 bits per heavy atom. The number of amides is 1. The molecule has 7 heteroatoms. The number of nitrogens with two attached hydrogens (primary N) is 1. The number of nitrogens with zero attached hydrogens (tertiary/aromatic N) is 3. The van der Waals surface area contributed by atoms with Gasteiger partial charge in [0, 0.05) is 48.9 Å². The Morgan fingerprint density at radius 2 is 1.97 bits per heavy atom. The van der Waals surface area contributed by atoms with Crippen LogP contribution < -0.4 is 5.73 Å². The fourth-order valence-electron chi connectivity index (χ4n) is 3.86. The third kappa shape index (κ3) is 4.41. The highest BCUT2D eigenvalue weighted by molar-refractivity contribution is 5.95. The van der Waals surface area contributed by atoms with Crippen molar-refractivity contribution in [3.05, 3.63) is 65.9 Å². The lowest BCUT2D eigenvalue weighted by Crippen LogP contribution is -2.33. The van der Waals surface area contributed by atoms with Crippen LogP contribution in [0, 0.1) is 5.82 Å². The number of pyridine rings is 2. The van der Waals surface area contributed by atoms with Crippen LogP contribution in [0.1, 0.15) is 29.4 Å². The number of ether oxygens (including phenoxy) is 1. The zero-order chi connectivity index (χ0) is 21.8. The molecule has 1 saturated heterocycles. The first-order valence-electron chi connectivity index (χ1n) is 10.4. The number of aryl methyl sites for hydroxylation is 1. The summed E-state index contributed by atoms with van der Waals surface area (Å²) in [6, 6.07) is 10.2. The molecule has 1 aliphatic heterocycles. The quantitative estimate of drug-likeness (QED) is 0.691. The largest absolute Gasteiger partial charge is 0.384 e. The van der Waals surface area contributed by atoms with Crippen LogP contribution in [-0.2, 0) is 11.2 Å². The average Bonchev–Trinajstić information content (AvgIpc) is 3.08. The van der Waals surface area contributed by atoms with Crippen molar-refractivity contribution >= 4 is 11.7 Å². The number of carbonyl (C=O) groups excluding carboxylic acids is 1. The lowest BCUT2D eigenvalue weighted by Gasteiger charge is -2.20. The maximum atomic E-state index is 15.1. The van der Waals surface area contributed by atoms with Gasteiger partial charge in [0.25, 0.3) is 5.91 Å². The molecule has 2 N–H and O–H groups in total. The lowest BCUT2D eigenvalue weighted by molar-refractivity contribution is 0.0736. The number of halogens is 1. The molecule has 0 aliphatic carbocycles. The minimum Gasteiger partial charge on any atom is -0.384 e. The maximum Gasteiger partial charge on any atom is 0.256 e. The molecule has 6 nitrogen and oxygen atoms in total. The Kier molecular flexibility index (Phi) is 6.23. The SMILES string of the molecule is CCc1nccc(-c2ccc(C(=O)N3CCCOCC3)c(F)c2)c1-c1ccc(N)nc1. The second-order valence-corrected chi connectivity index (χ2v) is 7.46. The number of rotatable bonds is 4. The van der Waals surface area contributed by atoms with Gasteiger partial charge in [0.15, 0.2) is 0 Å². The van der Waals surface area contributed by atoms with Gasteiger partial charge in [0.1, 0.15) is 11.6 Å². The fourth-order valence-corrected chi connectivity index (χ4v) is 3.86.